The molecule has 1 aromatic carbocycles. The summed E-state index contributed by atoms with van der Waals surface area (Å²) in [6.45, 7) is 5.66. The number of fused-ring (bicyclic) bond motifs is 1. The molecule has 0 bridgehead atoms. The monoisotopic (exact) mass is 305 g/mol. The van der Waals surface area contributed by atoms with Crippen LogP contribution in [0.3, 0.4) is 0 Å². The maximum atomic E-state index is 12.3. The number of benzene rings is 1. The zero-order valence-electron chi connectivity index (χ0n) is 12.9. The van der Waals surface area contributed by atoms with Crippen LogP contribution in [-0.2, 0) is 16.0 Å². The first-order valence-electron chi connectivity index (χ1n) is 7.06. The standard InChI is InChI=1S/C15H19N3O4/c1-15(2,3)14(20)16-9-13(19)17-7-6-10-4-5-11(18(21)22)8-12(10)17/h4-5,8H,6-7,9H2,1-3H3,(H,16,20). The van der Waals surface area contributed by atoms with Crippen LogP contribution in [0.1, 0.15) is 26.3 Å². The van der Waals surface area contributed by atoms with Crippen molar-refractivity contribution >= 4 is 23.2 Å². The second-order valence-electron chi connectivity index (χ2n) is 6.30. The summed E-state index contributed by atoms with van der Waals surface area (Å²) in [5, 5.41) is 13.5. The lowest BCUT2D eigenvalue weighted by molar-refractivity contribution is -0.384. The van der Waals surface area contributed by atoms with E-state index in [1.165, 1.54) is 17.0 Å². The first kappa shape index (κ1) is 15.9. The number of amides is 2. The molecule has 7 heteroatoms. The normalized spacial score (nSPS) is 13.7. The first-order valence-corrected chi connectivity index (χ1v) is 7.06. The largest absolute Gasteiger partial charge is 0.347 e. The van der Waals surface area contributed by atoms with Crippen molar-refractivity contribution in [3.05, 3.63) is 33.9 Å². The molecule has 7 nitrogen and oxygen atoms in total. The molecule has 0 unspecified atom stereocenters. The molecule has 0 aliphatic carbocycles. The van der Waals surface area contributed by atoms with E-state index < -0.39 is 10.3 Å². The zero-order valence-corrected chi connectivity index (χ0v) is 12.9. The van der Waals surface area contributed by atoms with E-state index in [4.69, 9.17) is 0 Å². The second-order valence-corrected chi connectivity index (χ2v) is 6.30. The van der Waals surface area contributed by atoms with Crippen LogP contribution in [0.2, 0.25) is 0 Å². The SMILES string of the molecule is CC(C)(C)C(=O)NCC(=O)N1CCc2ccc([N+](=O)[O-])cc21. The van der Waals surface area contributed by atoms with Gasteiger partial charge in [-0.3, -0.25) is 19.7 Å². The maximum Gasteiger partial charge on any atom is 0.271 e. The van der Waals surface area contributed by atoms with E-state index in [0.29, 0.717) is 18.7 Å². The summed E-state index contributed by atoms with van der Waals surface area (Å²) in [6.07, 6.45) is 0.659. The van der Waals surface area contributed by atoms with Crippen LogP contribution in [0.4, 0.5) is 11.4 Å². The van der Waals surface area contributed by atoms with Crippen LogP contribution < -0.4 is 10.2 Å². The molecule has 0 spiro atoms. The molecule has 0 saturated carbocycles. The van der Waals surface area contributed by atoms with Gasteiger partial charge < -0.3 is 10.2 Å². The summed E-state index contributed by atoms with van der Waals surface area (Å²) in [5.41, 5.74) is 0.851. The van der Waals surface area contributed by atoms with E-state index in [1.54, 1.807) is 26.8 Å². The van der Waals surface area contributed by atoms with Crippen molar-refractivity contribution in [3.8, 4) is 0 Å². The van der Waals surface area contributed by atoms with Gasteiger partial charge in [0, 0.05) is 24.1 Å². The van der Waals surface area contributed by atoms with Crippen LogP contribution in [0.15, 0.2) is 18.2 Å². The van der Waals surface area contributed by atoms with Gasteiger partial charge in [0.15, 0.2) is 0 Å². The van der Waals surface area contributed by atoms with Gasteiger partial charge in [-0.05, 0) is 12.0 Å². The number of nitrogens with one attached hydrogen (secondary N) is 1. The third kappa shape index (κ3) is 3.24. The predicted molar refractivity (Wildman–Crippen MR) is 81.6 cm³/mol. The Hall–Kier alpha value is -2.44. The molecule has 1 aliphatic heterocycles. The average molecular weight is 305 g/mol. The Morgan fingerprint density at radius 1 is 1.36 bits per heavy atom. The van der Waals surface area contributed by atoms with Gasteiger partial charge in [0.05, 0.1) is 17.2 Å². The zero-order chi connectivity index (χ0) is 16.5. The molecule has 1 heterocycles. The Labute approximate surface area is 128 Å². The predicted octanol–water partition coefficient (Wildman–Crippen LogP) is 1.65. The number of nitro benzene ring substituents is 1. The van der Waals surface area contributed by atoms with E-state index in [2.05, 4.69) is 5.32 Å². The molecule has 1 aliphatic rings. The molecule has 118 valence electrons. The number of nitro groups is 1. The smallest absolute Gasteiger partial charge is 0.271 e. The van der Waals surface area contributed by atoms with E-state index in [0.717, 1.165) is 5.56 Å². The molecule has 1 aromatic rings. The number of carbonyl (C=O) groups is 2. The number of anilines is 1. The van der Waals surface area contributed by atoms with Crippen molar-refractivity contribution in [1.82, 2.24) is 5.32 Å². The molecule has 0 fully saturated rings. The molecule has 22 heavy (non-hydrogen) atoms. The molecule has 2 rings (SSSR count). The highest BCUT2D eigenvalue weighted by atomic mass is 16.6. The van der Waals surface area contributed by atoms with Gasteiger partial charge in [-0.15, -0.1) is 0 Å². The minimum atomic E-state index is -0.567. The minimum absolute atomic E-state index is 0.0443. The van der Waals surface area contributed by atoms with E-state index in [1.807, 2.05) is 0 Å². The maximum absolute atomic E-state index is 12.3. The van der Waals surface area contributed by atoms with Gasteiger partial charge in [-0.1, -0.05) is 26.8 Å². The van der Waals surface area contributed by atoms with Crippen LogP contribution >= 0.6 is 0 Å². The molecule has 0 aromatic heterocycles. The second kappa shape index (κ2) is 5.75. The Kier molecular flexibility index (Phi) is 4.16. The summed E-state index contributed by atoms with van der Waals surface area (Å²) in [7, 11) is 0. The summed E-state index contributed by atoms with van der Waals surface area (Å²) in [4.78, 5) is 35.9. The number of carbonyl (C=O) groups excluding carboxylic acids is 2. The van der Waals surface area contributed by atoms with Crippen LogP contribution in [0.25, 0.3) is 0 Å². The number of nitrogens with zero attached hydrogens (tertiary/aromatic N) is 2. The lowest BCUT2D eigenvalue weighted by Gasteiger charge is -2.20. The van der Waals surface area contributed by atoms with Crippen LogP contribution in [0, 0.1) is 15.5 Å². The lowest BCUT2D eigenvalue weighted by atomic mass is 9.96. The number of hydrogen-bond donors (Lipinski definition) is 1. The summed E-state index contributed by atoms with van der Waals surface area (Å²) < 4.78 is 0. The molecule has 2 amide bonds. The fourth-order valence-electron chi connectivity index (χ4n) is 2.26. The topological polar surface area (TPSA) is 92.6 Å². The molecule has 0 atom stereocenters. The lowest BCUT2D eigenvalue weighted by Crippen LogP contribution is -2.43. The third-order valence-electron chi connectivity index (χ3n) is 3.56. The van der Waals surface area contributed by atoms with Gasteiger partial charge in [-0.2, -0.15) is 0 Å². The number of hydrogen-bond acceptors (Lipinski definition) is 4. The highest BCUT2D eigenvalue weighted by Gasteiger charge is 2.28. The Balaban J connectivity index is 2.10. The molecule has 0 saturated heterocycles. The van der Waals surface area contributed by atoms with Gasteiger partial charge in [-0.25, -0.2) is 0 Å². The fourth-order valence-corrected chi connectivity index (χ4v) is 2.26. The Bertz CT molecular complexity index is 634. The molecular weight excluding hydrogens is 286 g/mol. The average Bonchev–Trinajstić information content (AvgIpc) is 2.86. The van der Waals surface area contributed by atoms with E-state index in [-0.39, 0.29) is 24.0 Å². The molecule has 0 radical (unpaired) electrons. The Morgan fingerprint density at radius 3 is 2.64 bits per heavy atom. The van der Waals surface area contributed by atoms with Crippen molar-refractivity contribution in [2.24, 2.45) is 5.41 Å². The van der Waals surface area contributed by atoms with Gasteiger partial charge in [0.25, 0.3) is 5.69 Å². The van der Waals surface area contributed by atoms with Crippen LogP contribution in [0.5, 0.6) is 0 Å². The third-order valence-corrected chi connectivity index (χ3v) is 3.56. The van der Waals surface area contributed by atoms with Gasteiger partial charge in [0.2, 0.25) is 11.8 Å². The highest BCUT2D eigenvalue weighted by molar-refractivity contribution is 5.99. The van der Waals surface area contributed by atoms with Crippen molar-refractivity contribution < 1.29 is 14.5 Å². The van der Waals surface area contributed by atoms with Crippen LogP contribution in [-0.4, -0.2) is 29.8 Å². The molecular formula is C15H19N3O4. The van der Waals surface area contributed by atoms with Crippen molar-refractivity contribution in [2.45, 2.75) is 27.2 Å². The van der Waals surface area contributed by atoms with Crippen molar-refractivity contribution in [1.29, 1.82) is 0 Å². The van der Waals surface area contributed by atoms with E-state index in [9.17, 15) is 19.7 Å². The Morgan fingerprint density at radius 2 is 2.05 bits per heavy atom. The summed E-state index contributed by atoms with van der Waals surface area (Å²) >= 11 is 0. The minimum Gasteiger partial charge on any atom is -0.347 e. The van der Waals surface area contributed by atoms with Crippen molar-refractivity contribution in [3.63, 3.8) is 0 Å². The van der Waals surface area contributed by atoms with Crippen molar-refractivity contribution in [2.75, 3.05) is 18.0 Å². The van der Waals surface area contributed by atoms with Gasteiger partial charge in [0.1, 0.15) is 0 Å². The fraction of sp³-hybridized carbons (Fsp3) is 0.467. The summed E-state index contributed by atoms with van der Waals surface area (Å²) in [6, 6.07) is 4.52. The number of rotatable bonds is 3. The first-order chi connectivity index (χ1) is 10.2. The number of non-ortho nitro benzene ring substituents is 1. The highest BCUT2D eigenvalue weighted by Crippen LogP contribution is 2.31. The quantitative estimate of drug-likeness (QED) is 0.678. The molecule has 1 N–H and O–H groups in total. The van der Waals surface area contributed by atoms with E-state index >= 15 is 0 Å². The summed E-state index contributed by atoms with van der Waals surface area (Å²) in [5.74, 6) is -0.476. The van der Waals surface area contributed by atoms with Gasteiger partial charge >= 0.3 is 0 Å².